The molecule has 0 bridgehead atoms. The molecule has 2 aromatic rings. The van der Waals surface area contributed by atoms with E-state index >= 15 is 0 Å². The average Bonchev–Trinajstić information content (AvgIpc) is 2.97. The molecule has 1 aliphatic heterocycles. The van der Waals surface area contributed by atoms with Crippen LogP contribution in [-0.4, -0.2) is 42.0 Å². The summed E-state index contributed by atoms with van der Waals surface area (Å²) < 4.78 is 0. The molecule has 0 atom stereocenters. The molecule has 26 heavy (non-hydrogen) atoms. The summed E-state index contributed by atoms with van der Waals surface area (Å²) in [6, 6.07) is 7.90. The number of carbonyl (C=O) groups excluding carboxylic acids is 1. The fourth-order valence-electron chi connectivity index (χ4n) is 3.94. The Balaban J connectivity index is 1.52. The maximum absolute atomic E-state index is 12.3. The number of fused-ring (bicyclic) bond motifs is 1. The summed E-state index contributed by atoms with van der Waals surface area (Å²) in [4.78, 5) is 18.1. The van der Waals surface area contributed by atoms with E-state index in [4.69, 9.17) is 5.26 Å². The van der Waals surface area contributed by atoms with Crippen LogP contribution in [0.3, 0.4) is 0 Å². The van der Waals surface area contributed by atoms with E-state index in [2.05, 4.69) is 28.2 Å². The molecule has 0 saturated carbocycles. The summed E-state index contributed by atoms with van der Waals surface area (Å²) in [5.74, 6) is 0.681. The van der Waals surface area contributed by atoms with Gasteiger partial charge in [0.15, 0.2) is 0 Å². The number of H-pyrrole nitrogens is 1. The quantitative estimate of drug-likeness (QED) is 0.839. The number of aryl methyl sites for hydroxylation is 1. The van der Waals surface area contributed by atoms with Gasteiger partial charge in [0.2, 0.25) is 5.91 Å². The number of aromatic amines is 1. The van der Waals surface area contributed by atoms with Gasteiger partial charge in [-0.15, -0.1) is 0 Å². The van der Waals surface area contributed by atoms with Crippen molar-refractivity contribution in [3.63, 3.8) is 0 Å². The molecule has 1 aromatic heterocycles. The normalized spacial score (nSPS) is 15.9. The first-order valence-corrected chi connectivity index (χ1v) is 9.61. The molecule has 138 valence electrons. The lowest BCUT2D eigenvalue weighted by Gasteiger charge is -2.30. The van der Waals surface area contributed by atoms with Gasteiger partial charge in [0.25, 0.3) is 0 Å². The number of benzene rings is 1. The van der Waals surface area contributed by atoms with Crippen molar-refractivity contribution in [1.82, 2.24) is 15.2 Å². The van der Waals surface area contributed by atoms with Crippen molar-refractivity contribution in [2.45, 2.75) is 39.5 Å². The highest BCUT2D eigenvalue weighted by Gasteiger charge is 2.20. The highest BCUT2D eigenvalue weighted by atomic mass is 16.1. The fraction of sp³-hybridized carbons (Fsp3) is 0.524. The lowest BCUT2D eigenvalue weighted by atomic mass is 9.93. The van der Waals surface area contributed by atoms with Crippen molar-refractivity contribution in [2.75, 3.05) is 26.2 Å². The van der Waals surface area contributed by atoms with Crippen LogP contribution in [0.15, 0.2) is 18.2 Å². The number of carbonyl (C=O) groups is 1. The molecule has 1 aliphatic rings. The van der Waals surface area contributed by atoms with Gasteiger partial charge in [-0.2, -0.15) is 5.26 Å². The second-order valence-corrected chi connectivity index (χ2v) is 7.28. The van der Waals surface area contributed by atoms with Gasteiger partial charge in [-0.05, 0) is 75.5 Å². The van der Waals surface area contributed by atoms with Crippen LogP contribution in [0, 0.1) is 24.2 Å². The van der Waals surface area contributed by atoms with Gasteiger partial charge < -0.3 is 15.2 Å². The van der Waals surface area contributed by atoms with Gasteiger partial charge in [0, 0.05) is 29.6 Å². The van der Waals surface area contributed by atoms with Crippen LogP contribution in [-0.2, 0) is 11.2 Å². The number of amides is 1. The van der Waals surface area contributed by atoms with Crippen molar-refractivity contribution in [2.24, 2.45) is 5.92 Å². The van der Waals surface area contributed by atoms with Crippen molar-refractivity contribution >= 4 is 16.8 Å². The Kier molecular flexibility index (Phi) is 5.95. The number of likely N-dealkylation sites (tertiary alicyclic amines) is 1. The Bertz CT molecular complexity index is 809. The van der Waals surface area contributed by atoms with Crippen LogP contribution in [0.5, 0.6) is 0 Å². The minimum absolute atomic E-state index is 0.162. The number of piperidine rings is 1. The summed E-state index contributed by atoms with van der Waals surface area (Å²) in [6.07, 6.45) is 3.67. The zero-order valence-electron chi connectivity index (χ0n) is 15.8. The van der Waals surface area contributed by atoms with Gasteiger partial charge in [0.05, 0.1) is 11.6 Å². The molecule has 1 aromatic carbocycles. The van der Waals surface area contributed by atoms with E-state index in [1.807, 2.05) is 25.1 Å². The Morgan fingerprint density at radius 3 is 2.85 bits per heavy atom. The Morgan fingerprint density at radius 1 is 1.38 bits per heavy atom. The maximum atomic E-state index is 12.3. The summed E-state index contributed by atoms with van der Waals surface area (Å²) >= 11 is 0. The van der Waals surface area contributed by atoms with E-state index in [1.54, 1.807) is 0 Å². The zero-order valence-corrected chi connectivity index (χ0v) is 15.8. The van der Waals surface area contributed by atoms with Crippen molar-refractivity contribution in [1.29, 1.82) is 5.26 Å². The monoisotopic (exact) mass is 352 g/mol. The molecule has 5 heteroatoms. The van der Waals surface area contributed by atoms with Gasteiger partial charge in [-0.25, -0.2) is 0 Å². The van der Waals surface area contributed by atoms with E-state index in [0.717, 1.165) is 55.5 Å². The number of hydrogen-bond donors (Lipinski definition) is 2. The van der Waals surface area contributed by atoms with E-state index in [-0.39, 0.29) is 5.91 Å². The van der Waals surface area contributed by atoms with Crippen LogP contribution in [0.2, 0.25) is 0 Å². The zero-order chi connectivity index (χ0) is 18.5. The van der Waals surface area contributed by atoms with Crippen molar-refractivity contribution < 1.29 is 4.79 Å². The first kappa shape index (κ1) is 18.5. The number of hydrogen-bond acceptors (Lipinski definition) is 3. The number of aromatic nitrogens is 1. The Labute approximate surface area is 155 Å². The highest BCUT2D eigenvalue weighted by Crippen LogP contribution is 2.24. The van der Waals surface area contributed by atoms with Gasteiger partial charge in [-0.3, -0.25) is 4.79 Å². The van der Waals surface area contributed by atoms with Crippen LogP contribution in [0.4, 0.5) is 0 Å². The molecule has 1 amide bonds. The molecule has 0 unspecified atom stereocenters. The third kappa shape index (κ3) is 4.25. The predicted octanol–water partition coefficient (Wildman–Crippen LogP) is 3.13. The molecule has 0 aliphatic carbocycles. The Hall–Kier alpha value is -2.32. The van der Waals surface area contributed by atoms with Crippen LogP contribution in [0.25, 0.3) is 10.9 Å². The molecule has 5 nitrogen and oxygen atoms in total. The van der Waals surface area contributed by atoms with Crippen LogP contribution >= 0.6 is 0 Å². The molecule has 2 N–H and O–H groups in total. The molecular formula is C21H28N4O. The largest absolute Gasteiger partial charge is 0.358 e. The van der Waals surface area contributed by atoms with Gasteiger partial charge >= 0.3 is 0 Å². The van der Waals surface area contributed by atoms with E-state index in [0.29, 0.717) is 24.4 Å². The van der Waals surface area contributed by atoms with Crippen molar-refractivity contribution in [3.8, 4) is 6.07 Å². The topological polar surface area (TPSA) is 71.9 Å². The molecule has 3 rings (SSSR count). The summed E-state index contributed by atoms with van der Waals surface area (Å²) in [6.45, 7) is 8.21. The fourth-order valence-corrected chi connectivity index (χ4v) is 3.94. The number of nitrogens with zero attached hydrogens (tertiary/aromatic N) is 2. The molecular weight excluding hydrogens is 324 g/mol. The standard InChI is InChI=1S/C21H28N4O/c1-3-25-10-7-16(8-11-25)13-21(26)23-9-6-18-15(2)24-20-5-4-17(14-22)12-19(18)20/h4-5,12,16,24H,3,6-11,13H2,1-2H3,(H,23,26). The molecule has 0 spiro atoms. The molecule has 2 heterocycles. The average molecular weight is 352 g/mol. The SMILES string of the molecule is CCN1CCC(CC(=O)NCCc2c(C)[nH]c3ccc(C#N)cc23)CC1. The second kappa shape index (κ2) is 8.37. The molecule has 1 saturated heterocycles. The number of nitrogens with one attached hydrogen (secondary N) is 2. The second-order valence-electron chi connectivity index (χ2n) is 7.28. The third-order valence-corrected chi connectivity index (χ3v) is 5.57. The summed E-state index contributed by atoms with van der Waals surface area (Å²) in [5, 5.41) is 13.3. The van der Waals surface area contributed by atoms with Gasteiger partial charge in [0.1, 0.15) is 0 Å². The predicted molar refractivity (Wildman–Crippen MR) is 104 cm³/mol. The van der Waals surface area contributed by atoms with E-state index in [1.165, 1.54) is 5.56 Å². The first-order valence-electron chi connectivity index (χ1n) is 9.61. The van der Waals surface area contributed by atoms with E-state index < -0.39 is 0 Å². The summed E-state index contributed by atoms with van der Waals surface area (Å²) in [5.41, 5.74) is 4.01. The smallest absolute Gasteiger partial charge is 0.220 e. The van der Waals surface area contributed by atoms with Gasteiger partial charge in [-0.1, -0.05) is 6.92 Å². The molecule has 0 radical (unpaired) electrons. The highest BCUT2D eigenvalue weighted by molar-refractivity contribution is 5.86. The van der Waals surface area contributed by atoms with Crippen LogP contribution in [0.1, 0.15) is 43.0 Å². The lowest BCUT2D eigenvalue weighted by Crippen LogP contribution is -2.36. The summed E-state index contributed by atoms with van der Waals surface area (Å²) in [7, 11) is 0. The Morgan fingerprint density at radius 2 is 2.15 bits per heavy atom. The maximum Gasteiger partial charge on any atom is 0.220 e. The van der Waals surface area contributed by atoms with Crippen LogP contribution < -0.4 is 5.32 Å². The first-order chi connectivity index (χ1) is 12.6. The minimum atomic E-state index is 0.162. The number of nitriles is 1. The van der Waals surface area contributed by atoms with E-state index in [9.17, 15) is 4.79 Å². The molecule has 1 fully saturated rings. The third-order valence-electron chi connectivity index (χ3n) is 5.57. The van der Waals surface area contributed by atoms with Crippen molar-refractivity contribution in [3.05, 3.63) is 35.0 Å². The lowest BCUT2D eigenvalue weighted by molar-refractivity contribution is -0.122. The number of rotatable bonds is 6. The minimum Gasteiger partial charge on any atom is -0.358 e.